The lowest BCUT2D eigenvalue weighted by atomic mass is 10.1. The van der Waals surface area contributed by atoms with Crippen LogP contribution in [0.3, 0.4) is 0 Å². The molecule has 0 radical (unpaired) electrons. The first kappa shape index (κ1) is 14.8. The average Bonchev–Trinajstić information content (AvgIpc) is 2.52. The summed E-state index contributed by atoms with van der Waals surface area (Å²) in [7, 11) is 0. The molecule has 0 aromatic heterocycles. The maximum absolute atomic E-state index is 12.2. The number of carbonyl (C=O) groups is 2. The van der Waals surface area contributed by atoms with Crippen LogP contribution in [-0.2, 0) is 9.59 Å². The highest BCUT2D eigenvalue weighted by molar-refractivity contribution is 5.96. The van der Waals surface area contributed by atoms with Crippen molar-refractivity contribution in [2.24, 2.45) is 0 Å². The van der Waals surface area contributed by atoms with Crippen LogP contribution in [0, 0.1) is 11.3 Å². The molecular weight excluding hydrogens is 266 g/mol. The lowest BCUT2D eigenvalue weighted by Gasteiger charge is -2.33. The average molecular weight is 283 g/mol. The van der Waals surface area contributed by atoms with Gasteiger partial charge in [-0.1, -0.05) is 19.1 Å². The summed E-state index contributed by atoms with van der Waals surface area (Å²) in [4.78, 5) is 25.6. The van der Waals surface area contributed by atoms with Gasteiger partial charge in [-0.2, -0.15) is 5.26 Å². The smallest absolute Gasteiger partial charge is 0.247 e. The van der Waals surface area contributed by atoms with Crippen molar-refractivity contribution < 1.29 is 9.59 Å². The molecule has 1 atom stereocenters. The minimum Gasteiger partial charge on any atom is -0.353 e. The highest BCUT2D eigenvalue weighted by Gasteiger charge is 2.30. The van der Waals surface area contributed by atoms with Gasteiger partial charge in [0.05, 0.1) is 11.6 Å². The van der Waals surface area contributed by atoms with Crippen LogP contribution in [0.15, 0.2) is 30.3 Å². The third-order valence-electron chi connectivity index (χ3n) is 3.43. The van der Waals surface area contributed by atoms with E-state index >= 15 is 0 Å². The minimum absolute atomic E-state index is 0.100. The van der Waals surface area contributed by atoms with Gasteiger partial charge in [0.25, 0.3) is 0 Å². The number of hydrogen-bond donors (Lipinski definition) is 1. The number of nitrogens with one attached hydrogen (secondary N) is 1. The number of carbonyl (C=O) groups excluding carboxylic acids is 2. The first-order chi connectivity index (χ1) is 10.2. The molecule has 0 spiro atoms. The quantitative estimate of drug-likeness (QED) is 0.850. The molecule has 1 saturated heterocycles. The third kappa shape index (κ3) is 3.48. The number of rotatable bonds is 3. The Morgan fingerprint density at radius 3 is 3.10 bits per heavy atom. The van der Waals surface area contributed by atoms with Gasteiger partial charge in [0.1, 0.15) is 6.04 Å². The van der Waals surface area contributed by atoms with Crippen molar-refractivity contribution in [1.29, 1.82) is 5.26 Å². The number of hydrogen-bond acceptors (Lipinski definition) is 3. The van der Waals surface area contributed by atoms with Gasteiger partial charge >= 0.3 is 0 Å². The molecule has 1 aromatic carbocycles. The monoisotopic (exact) mass is 283 g/mol. The van der Waals surface area contributed by atoms with E-state index in [4.69, 9.17) is 5.26 Å². The normalized spacial score (nSPS) is 18.4. The summed E-state index contributed by atoms with van der Waals surface area (Å²) in [5, 5.41) is 11.6. The van der Waals surface area contributed by atoms with Crippen molar-refractivity contribution in [3.8, 4) is 6.07 Å². The largest absolute Gasteiger partial charge is 0.353 e. The van der Waals surface area contributed by atoms with Crippen LogP contribution in [0.1, 0.15) is 24.5 Å². The fraction of sp³-hybridized carbons (Fsp3) is 0.312. The van der Waals surface area contributed by atoms with Crippen LogP contribution >= 0.6 is 0 Å². The van der Waals surface area contributed by atoms with Crippen LogP contribution in [0.4, 0.5) is 0 Å². The summed E-state index contributed by atoms with van der Waals surface area (Å²) in [5.41, 5.74) is 1.34. The Morgan fingerprint density at radius 2 is 2.38 bits per heavy atom. The van der Waals surface area contributed by atoms with Gasteiger partial charge in [0.2, 0.25) is 11.8 Å². The number of amides is 2. The second-order valence-electron chi connectivity index (χ2n) is 4.82. The van der Waals surface area contributed by atoms with Gasteiger partial charge in [0, 0.05) is 19.2 Å². The van der Waals surface area contributed by atoms with Gasteiger partial charge in [-0.05, 0) is 30.2 Å². The number of piperazine rings is 1. The number of nitriles is 1. The minimum atomic E-state index is -0.402. The highest BCUT2D eigenvalue weighted by atomic mass is 16.2. The first-order valence-electron chi connectivity index (χ1n) is 6.92. The van der Waals surface area contributed by atoms with Crippen molar-refractivity contribution in [2.75, 3.05) is 13.1 Å². The van der Waals surface area contributed by atoms with E-state index in [0.717, 1.165) is 5.56 Å². The van der Waals surface area contributed by atoms with E-state index in [0.29, 0.717) is 25.1 Å². The Hall–Kier alpha value is -2.61. The molecule has 2 rings (SSSR count). The zero-order valence-electron chi connectivity index (χ0n) is 11.9. The van der Waals surface area contributed by atoms with Crippen LogP contribution in [0.2, 0.25) is 0 Å². The Balaban J connectivity index is 2.11. The molecule has 1 heterocycles. The third-order valence-corrected chi connectivity index (χ3v) is 3.43. The summed E-state index contributed by atoms with van der Waals surface area (Å²) in [6.07, 6.45) is 3.72. The molecule has 21 heavy (non-hydrogen) atoms. The molecule has 1 aromatic rings. The Kier molecular flexibility index (Phi) is 4.72. The summed E-state index contributed by atoms with van der Waals surface area (Å²) in [6, 6.07) is 8.67. The van der Waals surface area contributed by atoms with E-state index < -0.39 is 6.04 Å². The topological polar surface area (TPSA) is 73.2 Å². The van der Waals surface area contributed by atoms with Crippen LogP contribution in [0.5, 0.6) is 0 Å². The molecular formula is C16H17N3O2. The van der Waals surface area contributed by atoms with Gasteiger partial charge in [-0.25, -0.2) is 0 Å². The lowest BCUT2D eigenvalue weighted by Crippen LogP contribution is -2.56. The van der Waals surface area contributed by atoms with Crippen molar-refractivity contribution in [1.82, 2.24) is 10.2 Å². The molecule has 108 valence electrons. The van der Waals surface area contributed by atoms with Gasteiger partial charge in [0.15, 0.2) is 0 Å². The van der Waals surface area contributed by atoms with Crippen LogP contribution in [0.25, 0.3) is 6.08 Å². The molecule has 1 unspecified atom stereocenters. The fourth-order valence-corrected chi connectivity index (χ4v) is 2.36. The maximum Gasteiger partial charge on any atom is 0.247 e. The van der Waals surface area contributed by atoms with E-state index in [1.807, 2.05) is 13.0 Å². The SMILES string of the molecule is CCC1C(=O)NCCN1C(=O)C=Cc1cccc(C#N)c1. The first-order valence-corrected chi connectivity index (χ1v) is 6.92. The summed E-state index contributed by atoms with van der Waals surface area (Å²) in [6.45, 7) is 2.89. The predicted molar refractivity (Wildman–Crippen MR) is 79.0 cm³/mol. The molecule has 1 fully saturated rings. The second-order valence-corrected chi connectivity index (χ2v) is 4.82. The summed E-state index contributed by atoms with van der Waals surface area (Å²) >= 11 is 0. The van der Waals surface area contributed by atoms with Crippen LogP contribution in [-0.4, -0.2) is 35.8 Å². The molecule has 5 heteroatoms. The summed E-state index contributed by atoms with van der Waals surface area (Å²) < 4.78 is 0. The Morgan fingerprint density at radius 1 is 1.57 bits per heavy atom. The van der Waals surface area contributed by atoms with Crippen LogP contribution < -0.4 is 5.32 Å². The molecule has 0 bridgehead atoms. The molecule has 1 aliphatic rings. The van der Waals surface area contributed by atoms with Crippen molar-refractivity contribution >= 4 is 17.9 Å². The standard InChI is InChI=1S/C16H17N3O2/c1-2-14-16(21)18-8-9-19(14)15(20)7-6-12-4-3-5-13(10-12)11-17/h3-7,10,14H,2,8-9H2,1H3,(H,18,21). The molecule has 1 aliphatic heterocycles. The van der Waals surface area contributed by atoms with E-state index in [1.165, 1.54) is 6.08 Å². The van der Waals surface area contributed by atoms with Crippen molar-refractivity contribution in [2.45, 2.75) is 19.4 Å². The van der Waals surface area contributed by atoms with Gasteiger partial charge in [-0.15, -0.1) is 0 Å². The molecule has 5 nitrogen and oxygen atoms in total. The van der Waals surface area contributed by atoms with E-state index in [2.05, 4.69) is 11.4 Å². The van der Waals surface area contributed by atoms with Crippen molar-refractivity contribution in [3.05, 3.63) is 41.5 Å². The number of benzene rings is 1. The predicted octanol–water partition coefficient (Wildman–Crippen LogP) is 1.31. The molecule has 0 saturated carbocycles. The highest BCUT2D eigenvalue weighted by Crippen LogP contribution is 2.11. The van der Waals surface area contributed by atoms with Crippen molar-refractivity contribution in [3.63, 3.8) is 0 Å². The molecule has 1 N–H and O–H groups in total. The number of nitrogens with zero attached hydrogens (tertiary/aromatic N) is 2. The zero-order chi connectivity index (χ0) is 15.2. The van der Waals surface area contributed by atoms with E-state index in [-0.39, 0.29) is 11.8 Å². The lowest BCUT2D eigenvalue weighted by molar-refractivity contribution is -0.140. The summed E-state index contributed by atoms with van der Waals surface area (Å²) in [5.74, 6) is -0.281. The van der Waals surface area contributed by atoms with Gasteiger partial charge < -0.3 is 10.2 Å². The second kappa shape index (κ2) is 6.71. The molecule has 2 amide bonds. The maximum atomic E-state index is 12.2. The Labute approximate surface area is 123 Å². The zero-order valence-corrected chi connectivity index (χ0v) is 11.9. The van der Waals surface area contributed by atoms with E-state index in [1.54, 1.807) is 29.2 Å². The van der Waals surface area contributed by atoms with E-state index in [9.17, 15) is 9.59 Å². The van der Waals surface area contributed by atoms with Gasteiger partial charge in [-0.3, -0.25) is 9.59 Å². The molecule has 0 aliphatic carbocycles. The Bertz CT molecular complexity index is 616. The fourth-order valence-electron chi connectivity index (χ4n) is 2.36.